The predicted molar refractivity (Wildman–Crippen MR) is 82.3 cm³/mol. The van der Waals surface area contributed by atoms with Crippen LogP contribution in [-0.4, -0.2) is 62.5 Å². The zero-order valence-corrected chi connectivity index (χ0v) is 13.5. The minimum Gasteiger partial charge on any atom is -0.497 e. The molecule has 1 atom stereocenters. The smallest absolute Gasteiger partial charge is 0.254 e. The molecule has 1 aliphatic rings. The predicted octanol–water partition coefficient (Wildman–Crippen LogP) is 1.40. The second-order valence-corrected chi connectivity index (χ2v) is 5.49. The molecule has 0 bridgehead atoms. The molecule has 6 heteroatoms. The molecule has 0 radical (unpaired) electrons. The molecule has 2 amide bonds. The third-order valence-corrected chi connectivity index (χ3v) is 3.84. The lowest BCUT2D eigenvalue weighted by atomic mass is 10.1. The van der Waals surface area contributed by atoms with Crippen LogP contribution in [0.15, 0.2) is 18.2 Å². The normalized spacial score (nSPS) is 17.3. The molecule has 2 rings (SSSR count). The summed E-state index contributed by atoms with van der Waals surface area (Å²) >= 11 is 0. The van der Waals surface area contributed by atoms with Crippen LogP contribution < -0.4 is 9.47 Å². The molecule has 0 N–H and O–H groups in total. The molecule has 1 aromatic carbocycles. The summed E-state index contributed by atoms with van der Waals surface area (Å²) in [6, 6.07) is 4.66. The summed E-state index contributed by atoms with van der Waals surface area (Å²) in [6.45, 7) is 0.586. The van der Waals surface area contributed by atoms with E-state index in [4.69, 9.17) is 9.47 Å². The van der Waals surface area contributed by atoms with E-state index in [0.717, 1.165) is 6.42 Å². The fourth-order valence-electron chi connectivity index (χ4n) is 2.66. The average Bonchev–Trinajstić information content (AvgIpc) is 3.01. The molecule has 1 aromatic rings. The van der Waals surface area contributed by atoms with E-state index in [1.165, 1.54) is 19.1 Å². The van der Waals surface area contributed by atoms with Crippen LogP contribution in [-0.2, 0) is 4.79 Å². The van der Waals surface area contributed by atoms with Crippen molar-refractivity contribution >= 4 is 11.8 Å². The van der Waals surface area contributed by atoms with Crippen LogP contribution in [0.2, 0.25) is 0 Å². The number of rotatable bonds is 4. The molecule has 0 unspecified atom stereocenters. The van der Waals surface area contributed by atoms with Gasteiger partial charge in [0.05, 0.1) is 14.2 Å². The Balaban J connectivity index is 2.28. The fraction of sp³-hybridized carbons (Fsp3) is 0.500. The van der Waals surface area contributed by atoms with Crippen molar-refractivity contribution in [3.63, 3.8) is 0 Å². The number of ether oxygens (including phenoxy) is 2. The number of methoxy groups -OCH3 is 2. The molecule has 6 nitrogen and oxygen atoms in total. The van der Waals surface area contributed by atoms with Crippen LogP contribution in [0.4, 0.5) is 0 Å². The van der Waals surface area contributed by atoms with Gasteiger partial charge in [0.1, 0.15) is 17.5 Å². The number of benzene rings is 1. The van der Waals surface area contributed by atoms with Crippen LogP contribution >= 0.6 is 0 Å². The average molecular weight is 306 g/mol. The highest BCUT2D eigenvalue weighted by atomic mass is 16.5. The third kappa shape index (κ3) is 3.16. The van der Waals surface area contributed by atoms with Gasteiger partial charge in [0.15, 0.2) is 0 Å². The summed E-state index contributed by atoms with van der Waals surface area (Å²) in [4.78, 5) is 28.2. The Kier molecular flexibility index (Phi) is 4.90. The number of likely N-dealkylation sites (N-methyl/N-ethyl adjacent to an activating group) is 1. The highest BCUT2D eigenvalue weighted by Gasteiger charge is 2.35. The van der Waals surface area contributed by atoms with E-state index in [9.17, 15) is 9.59 Å². The van der Waals surface area contributed by atoms with E-state index in [2.05, 4.69) is 0 Å². The van der Waals surface area contributed by atoms with Gasteiger partial charge in [-0.3, -0.25) is 9.59 Å². The summed E-state index contributed by atoms with van der Waals surface area (Å²) in [5, 5.41) is 0. The number of hydrogen-bond donors (Lipinski definition) is 0. The highest BCUT2D eigenvalue weighted by molar-refractivity contribution is 5.98. The monoisotopic (exact) mass is 306 g/mol. The third-order valence-electron chi connectivity index (χ3n) is 3.84. The van der Waals surface area contributed by atoms with E-state index in [0.29, 0.717) is 30.0 Å². The van der Waals surface area contributed by atoms with Crippen LogP contribution in [0.3, 0.4) is 0 Å². The van der Waals surface area contributed by atoms with Crippen molar-refractivity contribution in [1.29, 1.82) is 0 Å². The zero-order chi connectivity index (χ0) is 16.3. The molecule has 1 heterocycles. The van der Waals surface area contributed by atoms with Gasteiger partial charge in [-0.1, -0.05) is 0 Å². The first kappa shape index (κ1) is 16.1. The largest absolute Gasteiger partial charge is 0.497 e. The molecule has 1 aliphatic heterocycles. The zero-order valence-electron chi connectivity index (χ0n) is 13.5. The summed E-state index contributed by atoms with van der Waals surface area (Å²) in [6.07, 6.45) is 1.53. The van der Waals surface area contributed by atoms with E-state index >= 15 is 0 Å². The Morgan fingerprint density at radius 1 is 1.14 bits per heavy atom. The van der Waals surface area contributed by atoms with Crippen molar-refractivity contribution in [3.8, 4) is 11.5 Å². The first-order valence-corrected chi connectivity index (χ1v) is 7.23. The van der Waals surface area contributed by atoms with Crippen molar-refractivity contribution in [2.45, 2.75) is 18.9 Å². The molecule has 0 aliphatic carbocycles. The number of carbonyl (C=O) groups excluding carboxylic acids is 2. The number of amides is 2. The Morgan fingerprint density at radius 3 is 2.23 bits per heavy atom. The van der Waals surface area contributed by atoms with E-state index in [-0.39, 0.29) is 17.9 Å². The number of hydrogen-bond acceptors (Lipinski definition) is 4. The van der Waals surface area contributed by atoms with E-state index in [1.54, 1.807) is 37.2 Å². The Labute approximate surface area is 130 Å². The van der Waals surface area contributed by atoms with Gasteiger partial charge in [-0.15, -0.1) is 0 Å². The van der Waals surface area contributed by atoms with Gasteiger partial charge in [-0.05, 0) is 25.0 Å². The Hall–Kier alpha value is -2.24. The summed E-state index contributed by atoms with van der Waals surface area (Å²) in [5.74, 6) is 0.894. The van der Waals surface area contributed by atoms with Crippen LogP contribution in [0.25, 0.3) is 0 Å². The molecule has 1 saturated heterocycles. The number of likely N-dealkylation sites (tertiary alicyclic amines) is 1. The molecule has 0 spiro atoms. The topological polar surface area (TPSA) is 59.1 Å². The Bertz CT molecular complexity index is 549. The number of carbonyl (C=O) groups is 2. The summed E-state index contributed by atoms with van der Waals surface area (Å²) < 4.78 is 10.4. The van der Waals surface area contributed by atoms with Gasteiger partial charge >= 0.3 is 0 Å². The first-order chi connectivity index (χ1) is 10.5. The van der Waals surface area contributed by atoms with Crippen LogP contribution in [0.1, 0.15) is 23.2 Å². The van der Waals surface area contributed by atoms with Gasteiger partial charge in [0, 0.05) is 32.3 Å². The van der Waals surface area contributed by atoms with Gasteiger partial charge in [-0.2, -0.15) is 0 Å². The second kappa shape index (κ2) is 6.68. The SMILES string of the molecule is COc1cc(OC)cc(C(=O)N2CCC[C@H]2C(=O)N(C)C)c1. The summed E-state index contributed by atoms with van der Waals surface area (Å²) in [7, 11) is 6.49. The lowest BCUT2D eigenvalue weighted by molar-refractivity contribution is -0.132. The lowest BCUT2D eigenvalue weighted by Gasteiger charge is -2.26. The molecular formula is C16H22N2O4. The summed E-state index contributed by atoms with van der Waals surface area (Å²) in [5.41, 5.74) is 0.467. The minimum atomic E-state index is -0.389. The van der Waals surface area contributed by atoms with Crippen molar-refractivity contribution < 1.29 is 19.1 Å². The lowest BCUT2D eigenvalue weighted by Crippen LogP contribution is -2.45. The Morgan fingerprint density at radius 2 is 1.73 bits per heavy atom. The van der Waals surface area contributed by atoms with Gasteiger partial charge in [0.2, 0.25) is 5.91 Å². The molecule has 0 saturated carbocycles. The standard InChI is InChI=1S/C16H22N2O4/c1-17(2)16(20)14-6-5-7-18(14)15(19)11-8-12(21-3)10-13(9-11)22-4/h8-10,14H,5-7H2,1-4H3/t14-/m0/s1. The van der Waals surface area contributed by atoms with Crippen molar-refractivity contribution in [1.82, 2.24) is 9.80 Å². The molecule has 1 fully saturated rings. The van der Waals surface area contributed by atoms with Gasteiger partial charge in [-0.25, -0.2) is 0 Å². The molecule has 120 valence electrons. The van der Waals surface area contributed by atoms with Gasteiger partial charge < -0.3 is 19.3 Å². The number of nitrogens with zero attached hydrogens (tertiary/aromatic N) is 2. The van der Waals surface area contributed by atoms with Crippen LogP contribution in [0.5, 0.6) is 11.5 Å². The first-order valence-electron chi connectivity index (χ1n) is 7.23. The van der Waals surface area contributed by atoms with Crippen molar-refractivity contribution in [2.75, 3.05) is 34.9 Å². The van der Waals surface area contributed by atoms with Crippen molar-refractivity contribution in [3.05, 3.63) is 23.8 Å². The molecular weight excluding hydrogens is 284 g/mol. The van der Waals surface area contributed by atoms with Crippen molar-refractivity contribution in [2.24, 2.45) is 0 Å². The minimum absolute atomic E-state index is 0.0410. The fourth-order valence-corrected chi connectivity index (χ4v) is 2.66. The quantitative estimate of drug-likeness (QED) is 0.843. The van der Waals surface area contributed by atoms with Crippen LogP contribution in [0, 0.1) is 0 Å². The maximum Gasteiger partial charge on any atom is 0.254 e. The maximum absolute atomic E-state index is 12.8. The second-order valence-electron chi connectivity index (χ2n) is 5.49. The van der Waals surface area contributed by atoms with E-state index < -0.39 is 0 Å². The maximum atomic E-state index is 12.8. The molecule has 22 heavy (non-hydrogen) atoms. The highest BCUT2D eigenvalue weighted by Crippen LogP contribution is 2.26. The van der Waals surface area contributed by atoms with Gasteiger partial charge in [0.25, 0.3) is 5.91 Å². The molecule has 0 aromatic heterocycles. The van der Waals surface area contributed by atoms with E-state index in [1.807, 2.05) is 0 Å².